The van der Waals surface area contributed by atoms with Gasteiger partial charge in [0.05, 0.1) is 33.9 Å². The molecule has 12 nitrogen and oxygen atoms in total. The van der Waals surface area contributed by atoms with Crippen molar-refractivity contribution in [1.82, 2.24) is 0 Å². The number of hydrogen-bond donors (Lipinski definition) is 0. The number of carbonyl (C=O) groups is 1. The zero-order valence-corrected chi connectivity index (χ0v) is 15.1. The number of hydrogen-bond acceptors (Lipinski definition) is 10. The van der Waals surface area contributed by atoms with Crippen LogP contribution in [0.4, 0.5) is 17.1 Å². The Kier molecular flexibility index (Phi) is 6.10. The molecule has 2 rings (SSSR count). The number of esters is 1. The maximum atomic E-state index is 12.0. The summed E-state index contributed by atoms with van der Waals surface area (Å²) in [6, 6.07) is 6.03. The van der Waals surface area contributed by atoms with Crippen LogP contribution >= 0.6 is 11.8 Å². The van der Waals surface area contributed by atoms with Gasteiger partial charge in [-0.25, -0.2) is 4.79 Å². The Balaban J connectivity index is 2.90. The number of nitrogens with zero attached hydrogens (tertiary/aromatic N) is 3. The number of nitro groups is 3. The number of para-hydroxylation sites is 1. The molecule has 0 aliphatic carbocycles. The zero-order chi connectivity index (χ0) is 21.0. The lowest BCUT2D eigenvalue weighted by Crippen LogP contribution is -2.09. The van der Waals surface area contributed by atoms with E-state index in [4.69, 9.17) is 4.74 Å². The van der Waals surface area contributed by atoms with Crippen molar-refractivity contribution in [3.05, 3.63) is 66.2 Å². The Hall–Kier alpha value is -3.74. The molecular formula is C15H11N3O9S. The van der Waals surface area contributed by atoms with E-state index in [0.717, 1.165) is 26.4 Å². The first-order chi connectivity index (χ1) is 13.2. The van der Waals surface area contributed by atoms with Gasteiger partial charge in [0.15, 0.2) is 10.6 Å². The van der Waals surface area contributed by atoms with Crippen LogP contribution in [0.2, 0.25) is 0 Å². The quantitative estimate of drug-likeness (QED) is 0.376. The maximum Gasteiger partial charge on any atom is 0.345 e. The Bertz CT molecular complexity index is 993. The van der Waals surface area contributed by atoms with Crippen molar-refractivity contribution in [1.29, 1.82) is 0 Å². The highest BCUT2D eigenvalue weighted by molar-refractivity contribution is 7.99. The van der Waals surface area contributed by atoms with E-state index in [9.17, 15) is 35.1 Å². The summed E-state index contributed by atoms with van der Waals surface area (Å²) in [6.07, 6.45) is 0. The summed E-state index contributed by atoms with van der Waals surface area (Å²) in [5.41, 5.74) is -2.72. The standard InChI is InChI=1S/C15H11N3O9S/c1-26-10-7-8(15(19)27-2)12(17(22)23)14(13(10)18(24)25)28-11-6-4-3-5-9(11)16(20)21/h3-7H,1-2H3. The summed E-state index contributed by atoms with van der Waals surface area (Å²) in [5.74, 6) is -1.55. The average molecular weight is 409 g/mol. The number of rotatable bonds is 7. The molecule has 0 atom stereocenters. The van der Waals surface area contributed by atoms with Crippen LogP contribution in [-0.2, 0) is 4.74 Å². The van der Waals surface area contributed by atoms with Gasteiger partial charge in [0.2, 0.25) is 0 Å². The fourth-order valence-corrected chi connectivity index (χ4v) is 3.46. The number of ether oxygens (including phenoxy) is 2. The Morgan fingerprint density at radius 3 is 2.07 bits per heavy atom. The molecule has 2 aromatic rings. The average Bonchev–Trinajstić information content (AvgIpc) is 2.65. The molecule has 0 saturated carbocycles. The van der Waals surface area contributed by atoms with Crippen LogP contribution in [-0.4, -0.2) is 35.0 Å². The maximum absolute atomic E-state index is 12.0. The summed E-state index contributed by atoms with van der Waals surface area (Å²) in [4.78, 5) is 43.1. The summed E-state index contributed by atoms with van der Waals surface area (Å²) >= 11 is 0.411. The third-order valence-corrected chi connectivity index (χ3v) is 4.61. The van der Waals surface area contributed by atoms with Crippen LogP contribution < -0.4 is 4.74 Å². The topological polar surface area (TPSA) is 165 Å². The number of methoxy groups -OCH3 is 2. The van der Waals surface area contributed by atoms with Crippen molar-refractivity contribution >= 4 is 34.8 Å². The van der Waals surface area contributed by atoms with Gasteiger partial charge in [0.25, 0.3) is 5.69 Å². The van der Waals surface area contributed by atoms with Crippen LogP contribution in [0.25, 0.3) is 0 Å². The minimum absolute atomic E-state index is 0.0947. The van der Waals surface area contributed by atoms with E-state index in [-0.39, 0.29) is 4.90 Å². The van der Waals surface area contributed by atoms with Gasteiger partial charge >= 0.3 is 17.3 Å². The molecule has 0 radical (unpaired) electrons. The predicted octanol–water partition coefficient (Wildman–Crippen LogP) is 3.36. The highest BCUT2D eigenvalue weighted by Crippen LogP contribution is 2.49. The van der Waals surface area contributed by atoms with Crippen molar-refractivity contribution in [2.24, 2.45) is 0 Å². The minimum Gasteiger partial charge on any atom is -0.490 e. The predicted molar refractivity (Wildman–Crippen MR) is 94.9 cm³/mol. The molecule has 0 spiro atoms. The molecule has 0 bridgehead atoms. The van der Waals surface area contributed by atoms with Crippen LogP contribution in [0.15, 0.2) is 40.1 Å². The minimum atomic E-state index is -1.12. The SMILES string of the molecule is COC(=O)c1cc(OC)c([N+](=O)[O-])c(Sc2ccccc2[N+](=O)[O-])c1[N+](=O)[O-]. The van der Waals surface area contributed by atoms with Crippen LogP contribution in [0.3, 0.4) is 0 Å². The summed E-state index contributed by atoms with van der Waals surface area (Å²) in [7, 11) is 2.06. The third-order valence-electron chi connectivity index (χ3n) is 3.46. The number of benzene rings is 2. The van der Waals surface area contributed by atoms with Gasteiger partial charge in [-0.3, -0.25) is 30.3 Å². The van der Waals surface area contributed by atoms with E-state index in [2.05, 4.69) is 4.74 Å². The second kappa shape index (κ2) is 8.30. The smallest absolute Gasteiger partial charge is 0.345 e. The fraction of sp³-hybridized carbons (Fsp3) is 0.133. The molecule has 0 unspecified atom stereocenters. The Morgan fingerprint density at radius 1 is 0.964 bits per heavy atom. The molecule has 0 N–H and O–H groups in total. The molecule has 0 aliphatic heterocycles. The van der Waals surface area contributed by atoms with Crippen LogP contribution in [0, 0.1) is 30.3 Å². The van der Waals surface area contributed by atoms with Crippen molar-refractivity contribution in [2.45, 2.75) is 9.79 Å². The molecule has 0 amide bonds. The molecule has 0 aliphatic rings. The first kappa shape index (κ1) is 20.6. The highest BCUT2D eigenvalue weighted by atomic mass is 32.2. The molecule has 0 aromatic heterocycles. The van der Waals surface area contributed by atoms with E-state index in [1.54, 1.807) is 0 Å². The molecule has 0 saturated heterocycles. The lowest BCUT2D eigenvalue weighted by molar-refractivity contribution is -0.400. The van der Waals surface area contributed by atoms with E-state index >= 15 is 0 Å². The molecule has 28 heavy (non-hydrogen) atoms. The normalized spacial score (nSPS) is 10.2. The Morgan fingerprint density at radius 2 is 1.57 bits per heavy atom. The largest absolute Gasteiger partial charge is 0.490 e. The summed E-state index contributed by atoms with van der Waals surface area (Å²) < 4.78 is 9.42. The molecular weight excluding hydrogens is 398 g/mol. The molecule has 146 valence electrons. The monoisotopic (exact) mass is 409 g/mol. The van der Waals surface area contributed by atoms with Gasteiger partial charge in [-0.05, 0) is 6.07 Å². The van der Waals surface area contributed by atoms with Gasteiger partial charge < -0.3 is 9.47 Å². The summed E-state index contributed by atoms with van der Waals surface area (Å²) in [5, 5.41) is 34.4. The lowest BCUT2D eigenvalue weighted by atomic mass is 10.1. The second-order valence-electron chi connectivity index (χ2n) is 4.99. The van der Waals surface area contributed by atoms with Crippen molar-refractivity contribution in [2.75, 3.05) is 14.2 Å². The van der Waals surface area contributed by atoms with Crippen LogP contribution in [0.5, 0.6) is 5.75 Å². The highest BCUT2D eigenvalue weighted by Gasteiger charge is 2.38. The van der Waals surface area contributed by atoms with E-state index in [0.29, 0.717) is 11.8 Å². The molecule has 13 heteroatoms. The molecule has 0 fully saturated rings. The summed E-state index contributed by atoms with van der Waals surface area (Å²) in [6.45, 7) is 0. The fourth-order valence-electron chi connectivity index (χ4n) is 2.29. The van der Waals surface area contributed by atoms with E-state index in [1.807, 2.05) is 0 Å². The number of nitro benzene ring substituents is 3. The first-order valence-corrected chi connectivity index (χ1v) is 8.07. The van der Waals surface area contributed by atoms with E-state index in [1.165, 1.54) is 18.2 Å². The van der Waals surface area contributed by atoms with Crippen molar-refractivity contribution in [3.8, 4) is 5.75 Å². The zero-order valence-electron chi connectivity index (χ0n) is 14.3. The molecule has 2 aromatic carbocycles. The van der Waals surface area contributed by atoms with Gasteiger partial charge in [0.1, 0.15) is 5.56 Å². The van der Waals surface area contributed by atoms with Gasteiger partial charge in [-0.2, -0.15) is 0 Å². The van der Waals surface area contributed by atoms with Gasteiger partial charge in [-0.15, -0.1) is 0 Å². The van der Waals surface area contributed by atoms with Gasteiger partial charge in [-0.1, -0.05) is 23.9 Å². The number of carbonyl (C=O) groups excluding carboxylic acids is 1. The second-order valence-corrected chi connectivity index (χ2v) is 6.04. The van der Waals surface area contributed by atoms with E-state index < -0.39 is 54.0 Å². The van der Waals surface area contributed by atoms with Crippen molar-refractivity contribution in [3.63, 3.8) is 0 Å². The van der Waals surface area contributed by atoms with Crippen LogP contribution in [0.1, 0.15) is 10.4 Å². The first-order valence-electron chi connectivity index (χ1n) is 7.26. The third kappa shape index (κ3) is 3.83. The lowest BCUT2D eigenvalue weighted by Gasteiger charge is -2.11. The Labute approximate surface area is 160 Å². The van der Waals surface area contributed by atoms with Gasteiger partial charge in [0, 0.05) is 12.1 Å². The van der Waals surface area contributed by atoms with Crippen molar-refractivity contribution < 1.29 is 29.0 Å². The molecule has 0 heterocycles.